The standard InChI is InChI=1S/C19H17N3O3/c1-12-4-3-5-15-17(12)20-11-16(18(15)23)19(24)22-21-10-13-6-8-14(25-2)9-7-13/h3-11H,1-2H3,(H,20,23)(H,22,24)/b21-10+. The average molecular weight is 335 g/mol. The van der Waals surface area contributed by atoms with Crippen LogP contribution in [0.4, 0.5) is 0 Å². The number of fused-ring (bicyclic) bond motifs is 1. The molecule has 126 valence electrons. The highest BCUT2D eigenvalue weighted by molar-refractivity contribution is 5.97. The molecule has 25 heavy (non-hydrogen) atoms. The summed E-state index contributed by atoms with van der Waals surface area (Å²) in [6, 6.07) is 12.6. The third-order valence-electron chi connectivity index (χ3n) is 3.86. The molecule has 0 spiro atoms. The molecule has 6 heteroatoms. The van der Waals surface area contributed by atoms with Crippen molar-refractivity contribution in [3.8, 4) is 5.75 Å². The third kappa shape index (κ3) is 3.42. The number of benzene rings is 2. The Morgan fingerprint density at radius 3 is 2.68 bits per heavy atom. The van der Waals surface area contributed by atoms with Crippen molar-refractivity contribution in [1.29, 1.82) is 0 Å². The number of carbonyl (C=O) groups excluding carboxylic acids is 1. The molecule has 0 fully saturated rings. The lowest BCUT2D eigenvalue weighted by molar-refractivity contribution is 0.0954. The van der Waals surface area contributed by atoms with Gasteiger partial charge in [0.1, 0.15) is 11.3 Å². The fourth-order valence-electron chi connectivity index (χ4n) is 2.49. The van der Waals surface area contributed by atoms with Crippen LogP contribution in [0.5, 0.6) is 5.75 Å². The molecular formula is C19H17N3O3. The molecule has 0 radical (unpaired) electrons. The van der Waals surface area contributed by atoms with Gasteiger partial charge in [-0.05, 0) is 48.4 Å². The summed E-state index contributed by atoms with van der Waals surface area (Å²) in [4.78, 5) is 27.7. The van der Waals surface area contributed by atoms with Crippen LogP contribution in [0.1, 0.15) is 21.5 Å². The summed E-state index contributed by atoms with van der Waals surface area (Å²) in [5.41, 5.74) is 4.54. The van der Waals surface area contributed by atoms with Crippen molar-refractivity contribution in [1.82, 2.24) is 10.4 Å². The van der Waals surface area contributed by atoms with E-state index < -0.39 is 5.91 Å². The van der Waals surface area contributed by atoms with E-state index in [1.54, 1.807) is 43.5 Å². The van der Waals surface area contributed by atoms with E-state index in [1.165, 1.54) is 12.4 Å². The number of pyridine rings is 1. The molecule has 0 bridgehead atoms. The van der Waals surface area contributed by atoms with Gasteiger partial charge in [0.05, 0.1) is 18.8 Å². The van der Waals surface area contributed by atoms with Gasteiger partial charge >= 0.3 is 0 Å². The largest absolute Gasteiger partial charge is 0.497 e. The number of aryl methyl sites for hydroxylation is 1. The zero-order valence-electron chi connectivity index (χ0n) is 13.9. The van der Waals surface area contributed by atoms with Gasteiger partial charge in [0.25, 0.3) is 5.91 Å². The van der Waals surface area contributed by atoms with Gasteiger partial charge in [0.2, 0.25) is 5.43 Å². The lowest BCUT2D eigenvalue weighted by Crippen LogP contribution is -2.25. The number of hydrazone groups is 1. The molecule has 0 aliphatic heterocycles. The second-order valence-electron chi connectivity index (χ2n) is 5.50. The minimum Gasteiger partial charge on any atom is -0.497 e. The lowest BCUT2D eigenvalue weighted by Gasteiger charge is -2.04. The Labute approximate surface area is 144 Å². The fourth-order valence-corrected chi connectivity index (χ4v) is 2.49. The highest BCUT2D eigenvalue weighted by Crippen LogP contribution is 2.12. The summed E-state index contributed by atoms with van der Waals surface area (Å²) in [5, 5.41) is 4.37. The first kappa shape index (κ1) is 16.4. The van der Waals surface area contributed by atoms with Gasteiger partial charge in [-0.15, -0.1) is 0 Å². The first-order chi connectivity index (χ1) is 12.1. The van der Waals surface area contributed by atoms with Gasteiger partial charge in [-0.1, -0.05) is 12.1 Å². The van der Waals surface area contributed by atoms with Crippen LogP contribution in [-0.2, 0) is 0 Å². The highest BCUT2D eigenvalue weighted by Gasteiger charge is 2.12. The molecule has 6 nitrogen and oxygen atoms in total. The molecule has 0 atom stereocenters. The van der Waals surface area contributed by atoms with Crippen molar-refractivity contribution in [2.45, 2.75) is 6.92 Å². The van der Waals surface area contributed by atoms with Crippen molar-refractivity contribution in [3.05, 3.63) is 75.6 Å². The van der Waals surface area contributed by atoms with Crippen molar-refractivity contribution in [2.24, 2.45) is 5.10 Å². The minimum atomic E-state index is -0.561. The molecule has 2 N–H and O–H groups in total. The van der Waals surface area contributed by atoms with Gasteiger partial charge in [-0.25, -0.2) is 5.43 Å². The maximum Gasteiger partial charge on any atom is 0.276 e. The van der Waals surface area contributed by atoms with Crippen LogP contribution in [0.3, 0.4) is 0 Å². The number of amides is 1. The van der Waals surface area contributed by atoms with Crippen molar-refractivity contribution < 1.29 is 9.53 Å². The zero-order chi connectivity index (χ0) is 17.8. The monoisotopic (exact) mass is 335 g/mol. The van der Waals surface area contributed by atoms with Crippen molar-refractivity contribution in [2.75, 3.05) is 7.11 Å². The number of hydrogen-bond acceptors (Lipinski definition) is 4. The van der Waals surface area contributed by atoms with Crippen LogP contribution in [0.15, 0.2) is 58.6 Å². The maximum absolute atomic E-state index is 12.5. The normalized spacial score (nSPS) is 11.0. The smallest absolute Gasteiger partial charge is 0.276 e. The fraction of sp³-hybridized carbons (Fsp3) is 0.105. The van der Waals surface area contributed by atoms with Crippen LogP contribution < -0.4 is 15.6 Å². The van der Waals surface area contributed by atoms with Crippen LogP contribution in [0.25, 0.3) is 10.9 Å². The number of hydrogen-bond donors (Lipinski definition) is 2. The highest BCUT2D eigenvalue weighted by atomic mass is 16.5. The number of nitrogens with one attached hydrogen (secondary N) is 2. The molecule has 0 saturated heterocycles. The van der Waals surface area contributed by atoms with E-state index >= 15 is 0 Å². The molecule has 0 saturated carbocycles. The van der Waals surface area contributed by atoms with Crippen LogP contribution in [0.2, 0.25) is 0 Å². The first-order valence-corrected chi connectivity index (χ1v) is 7.68. The summed E-state index contributed by atoms with van der Waals surface area (Å²) < 4.78 is 5.07. The van der Waals surface area contributed by atoms with Crippen LogP contribution in [0, 0.1) is 6.92 Å². The van der Waals surface area contributed by atoms with E-state index in [2.05, 4.69) is 15.5 Å². The van der Waals surface area contributed by atoms with E-state index in [1.807, 2.05) is 13.0 Å². The molecule has 0 aliphatic rings. The molecule has 1 heterocycles. The predicted molar refractivity (Wildman–Crippen MR) is 97.4 cm³/mol. The van der Waals surface area contributed by atoms with E-state index in [0.29, 0.717) is 5.39 Å². The van der Waals surface area contributed by atoms with Gasteiger partial charge in [0, 0.05) is 11.6 Å². The Balaban J connectivity index is 1.79. The summed E-state index contributed by atoms with van der Waals surface area (Å²) >= 11 is 0. The summed E-state index contributed by atoms with van der Waals surface area (Å²) in [5.74, 6) is 0.175. The van der Waals surface area contributed by atoms with Crippen molar-refractivity contribution >= 4 is 23.0 Å². The van der Waals surface area contributed by atoms with Crippen molar-refractivity contribution in [3.63, 3.8) is 0 Å². The zero-order valence-corrected chi connectivity index (χ0v) is 13.9. The Bertz CT molecular complexity index is 1000. The average Bonchev–Trinajstić information content (AvgIpc) is 2.63. The number of para-hydroxylation sites is 1. The minimum absolute atomic E-state index is 0.0185. The van der Waals surface area contributed by atoms with E-state index in [9.17, 15) is 9.59 Å². The quantitative estimate of drug-likeness (QED) is 0.568. The number of aromatic nitrogens is 1. The van der Waals surface area contributed by atoms with Crippen LogP contribution >= 0.6 is 0 Å². The summed E-state index contributed by atoms with van der Waals surface area (Å²) in [7, 11) is 1.59. The molecule has 3 aromatic rings. The Kier molecular flexibility index (Phi) is 4.61. The lowest BCUT2D eigenvalue weighted by atomic mass is 10.1. The number of methoxy groups -OCH3 is 1. The second-order valence-corrected chi connectivity index (χ2v) is 5.50. The molecule has 1 aromatic heterocycles. The summed E-state index contributed by atoms with van der Waals surface area (Å²) in [6.07, 6.45) is 2.91. The number of nitrogens with zero attached hydrogens (tertiary/aromatic N) is 1. The number of ether oxygens (including phenoxy) is 1. The van der Waals surface area contributed by atoms with Gasteiger partial charge in [0.15, 0.2) is 0 Å². The number of aromatic amines is 1. The first-order valence-electron chi connectivity index (χ1n) is 7.68. The Morgan fingerprint density at radius 1 is 1.20 bits per heavy atom. The van der Waals surface area contributed by atoms with Gasteiger partial charge < -0.3 is 9.72 Å². The molecule has 0 unspecified atom stereocenters. The molecule has 0 aliphatic carbocycles. The SMILES string of the molecule is COc1ccc(/C=N/NC(=O)c2c[nH]c3c(C)cccc3c2=O)cc1. The van der Waals surface area contributed by atoms with E-state index in [4.69, 9.17) is 4.74 Å². The predicted octanol–water partition coefficient (Wildman–Crippen LogP) is 2.61. The molecule has 2 aromatic carbocycles. The van der Waals surface area contributed by atoms with Gasteiger partial charge in [-0.3, -0.25) is 9.59 Å². The van der Waals surface area contributed by atoms with E-state index in [0.717, 1.165) is 22.4 Å². The molecule has 3 rings (SSSR count). The number of H-pyrrole nitrogens is 1. The van der Waals surface area contributed by atoms with Crippen LogP contribution in [-0.4, -0.2) is 24.2 Å². The molecule has 1 amide bonds. The topological polar surface area (TPSA) is 83.5 Å². The number of rotatable bonds is 4. The molecular weight excluding hydrogens is 318 g/mol. The third-order valence-corrected chi connectivity index (χ3v) is 3.86. The Morgan fingerprint density at radius 2 is 1.96 bits per heavy atom. The summed E-state index contributed by atoms with van der Waals surface area (Å²) in [6.45, 7) is 1.90. The van der Waals surface area contributed by atoms with Gasteiger partial charge in [-0.2, -0.15) is 5.10 Å². The number of carbonyl (C=O) groups is 1. The second kappa shape index (κ2) is 7.00. The van der Waals surface area contributed by atoms with E-state index in [-0.39, 0.29) is 11.0 Å². The maximum atomic E-state index is 12.5. The Hall–Kier alpha value is -3.41.